The van der Waals surface area contributed by atoms with Gasteiger partial charge in [-0.25, -0.2) is 5.43 Å². The molecule has 126 valence electrons. The second kappa shape index (κ2) is 8.11. The van der Waals surface area contributed by atoms with Crippen LogP contribution in [0.3, 0.4) is 0 Å². The van der Waals surface area contributed by atoms with E-state index in [1.807, 2.05) is 67.6 Å². The van der Waals surface area contributed by atoms with Gasteiger partial charge < -0.3 is 5.32 Å². The van der Waals surface area contributed by atoms with Crippen LogP contribution in [0, 0.1) is 0 Å². The third-order valence-electron chi connectivity index (χ3n) is 4.02. The van der Waals surface area contributed by atoms with E-state index in [4.69, 9.17) is 0 Å². The van der Waals surface area contributed by atoms with E-state index in [0.29, 0.717) is 0 Å². The molecule has 0 fully saturated rings. The zero-order valence-electron chi connectivity index (χ0n) is 14.1. The zero-order chi connectivity index (χ0) is 17.5. The highest BCUT2D eigenvalue weighted by molar-refractivity contribution is 5.87. The summed E-state index contributed by atoms with van der Waals surface area (Å²) in [7, 11) is 0. The van der Waals surface area contributed by atoms with Crippen LogP contribution in [0.15, 0.2) is 77.9 Å². The number of fused-ring (bicyclic) bond motifs is 1. The maximum atomic E-state index is 11.9. The van der Waals surface area contributed by atoms with Crippen molar-refractivity contribution in [1.29, 1.82) is 0 Å². The van der Waals surface area contributed by atoms with Crippen molar-refractivity contribution in [3.8, 4) is 0 Å². The Balaban J connectivity index is 1.49. The molecule has 25 heavy (non-hydrogen) atoms. The fraction of sp³-hybridized carbons (Fsp3) is 0.143. The molecular weight excluding hydrogens is 310 g/mol. The van der Waals surface area contributed by atoms with Gasteiger partial charge in [0.2, 0.25) is 0 Å². The predicted octanol–water partition coefficient (Wildman–Crippen LogP) is 4.16. The van der Waals surface area contributed by atoms with E-state index in [9.17, 15) is 4.79 Å². The summed E-state index contributed by atoms with van der Waals surface area (Å²) in [6, 6.07) is 24.2. The van der Waals surface area contributed by atoms with Crippen LogP contribution in [-0.2, 0) is 4.79 Å². The Kier molecular flexibility index (Phi) is 5.42. The van der Waals surface area contributed by atoms with Gasteiger partial charge in [0.15, 0.2) is 0 Å². The molecule has 3 rings (SSSR count). The summed E-state index contributed by atoms with van der Waals surface area (Å²) < 4.78 is 0. The molecule has 0 aromatic heterocycles. The first-order chi connectivity index (χ1) is 12.2. The number of benzene rings is 3. The minimum atomic E-state index is -0.176. The molecule has 3 aromatic carbocycles. The molecule has 0 spiro atoms. The molecule has 2 N–H and O–H groups in total. The lowest BCUT2D eigenvalue weighted by atomic mass is 10.0. The Hall–Kier alpha value is -3.14. The molecule has 1 amide bonds. The molecule has 0 saturated heterocycles. The van der Waals surface area contributed by atoms with Crippen LogP contribution in [0.5, 0.6) is 0 Å². The van der Waals surface area contributed by atoms with Gasteiger partial charge in [0, 0.05) is 17.8 Å². The van der Waals surface area contributed by atoms with Crippen molar-refractivity contribution in [2.75, 3.05) is 11.9 Å². The van der Waals surface area contributed by atoms with Crippen molar-refractivity contribution < 1.29 is 4.79 Å². The van der Waals surface area contributed by atoms with E-state index in [0.717, 1.165) is 16.6 Å². The molecule has 1 unspecified atom stereocenters. The number of amides is 1. The fourth-order valence-electron chi connectivity index (χ4n) is 2.58. The fourth-order valence-corrected chi connectivity index (χ4v) is 2.58. The highest BCUT2D eigenvalue weighted by atomic mass is 16.2. The summed E-state index contributed by atoms with van der Waals surface area (Å²) >= 11 is 0. The van der Waals surface area contributed by atoms with Crippen LogP contribution < -0.4 is 10.7 Å². The SMILES string of the molecule is CC(C=NNC(=O)CNc1ccc2ccccc2c1)c1ccccc1. The molecule has 1 atom stereocenters. The van der Waals surface area contributed by atoms with E-state index in [2.05, 4.69) is 28.0 Å². The van der Waals surface area contributed by atoms with Crippen LogP contribution in [0.4, 0.5) is 5.69 Å². The molecule has 0 aliphatic heterocycles. The van der Waals surface area contributed by atoms with Gasteiger partial charge in [-0.3, -0.25) is 4.79 Å². The van der Waals surface area contributed by atoms with Gasteiger partial charge >= 0.3 is 0 Å². The van der Waals surface area contributed by atoms with Gasteiger partial charge in [-0.1, -0.05) is 67.6 Å². The van der Waals surface area contributed by atoms with Gasteiger partial charge in [-0.05, 0) is 28.5 Å². The van der Waals surface area contributed by atoms with Crippen molar-refractivity contribution in [3.05, 3.63) is 78.4 Å². The van der Waals surface area contributed by atoms with Crippen molar-refractivity contribution in [2.24, 2.45) is 5.10 Å². The molecule has 0 heterocycles. The quantitative estimate of drug-likeness (QED) is 0.526. The lowest BCUT2D eigenvalue weighted by Gasteiger charge is -2.07. The minimum absolute atomic E-state index is 0.148. The van der Waals surface area contributed by atoms with Gasteiger partial charge in [-0.15, -0.1) is 0 Å². The zero-order valence-corrected chi connectivity index (χ0v) is 14.1. The average molecular weight is 331 g/mol. The third-order valence-corrected chi connectivity index (χ3v) is 4.02. The summed E-state index contributed by atoms with van der Waals surface area (Å²) in [6.45, 7) is 2.22. The Morgan fingerprint density at radius 2 is 1.72 bits per heavy atom. The summed E-state index contributed by atoms with van der Waals surface area (Å²) in [5.74, 6) is -0.0281. The highest BCUT2D eigenvalue weighted by Crippen LogP contribution is 2.18. The van der Waals surface area contributed by atoms with E-state index >= 15 is 0 Å². The molecule has 0 aliphatic rings. The first-order valence-corrected chi connectivity index (χ1v) is 8.32. The molecule has 0 radical (unpaired) electrons. The summed E-state index contributed by atoms with van der Waals surface area (Å²) in [6.07, 6.45) is 1.74. The summed E-state index contributed by atoms with van der Waals surface area (Å²) in [4.78, 5) is 11.9. The predicted molar refractivity (Wildman–Crippen MR) is 104 cm³/mol. The lowest BCUT2D eigenvalue weighted by molar-refractivity contribution is -0.119. The molecule has 4 nitrogen and oxygen atoms in total. The van der Waals surface area contributed by atoms with E-state index in [-0.39, 0.29) is 18.4 Å². The van der Waals surface area contributed by atoms with Gasteiger partial charge in [0.25, 0.3) is 5.91 Å². The third kappa shape index (κ3) is 4.67. The molecule has 0 saturated carbocycles. The van der Waals surface area contributed by atoms with Crippen molar-refractivity contribution >= 4 is 28.6 Å². The van der Waals surface area contributed by atoms with Gasteiger partial charge in [0.05, 0.1) is 6.54 Å². The van der Waals surface area contributed by atoms with Crippen LogP contribution in [-0.4, -0.2) is 18.7 Å². The van der Waals surface area contributed by atoms with Crippen LogP contribution in [0.25, 0.3) is 10.8 Å². The Bertz CT molecular complexity index is 874. The lowest BCUT2D eigenvalue weighted by Crippen LogP contribution is -2.26. The number of hydrazone groups is 1. The van der Waals surface area contributed by atoms with Crippen molar-refractivity contribution in [3.63, 3.8) is 0 Å². The number of carbonyl (C=O) groups is 1. The van der Waals surface area contributed by atoms with Crippen molar-refractivity contribution in [1.82, 2.24) is 5.43 Å². The van der Waals surface area contributed by atoms with Crippen LogP contribution >= 0.6 is 0 Å². The summed E-state index contributed by atoms with van der Waals surface area (Å²) in [5, 5.41) is 9.48. The molecule has 0 bridgehead atoms. The number of nitrogens with one attached hydrogen (secondary N) is 2. The number of hydrogen-bond donors (Lipinski definition) is 2. The highest BCUT2D eigenvalue weighted by Gasteiger charge is 2.03. The first-order valence-electron chi connectivity index (χ1n) is 8.32. The monoisotopic (exact) mass is 331 g/mol. The number of rotatable bonds is 6. The van der Waals surface area contributed by atoms with Crippen LogP contribution in [0.2, 0.25) is 0 Å². The average Bonchev–Trinajstić information content (AvgIpc) is 2.67. The molecule has 0 aliphatic carbocycles. The number of hydrogen-bond acceptors (Lipinski definition) is 3. The largest absolute Gasteiger partial charge is 0.376 e. The number of nitrogens with zero attached hydrogens (tertiary/aromatic N) is 1. The van der Waals surface area contributed by atoms with E-state index in [1.165, 1.54) is 5.39 Å². The first kappa shape index (κ1) is 16.7. The Morgan fingerprint density at radius 1 is 1.00 bits per heavy atom. The second-order valence-corrected chi connectivity index (χ2v) is 5.93. The number of anilines is 1. The maximum Gasteiger partial charge on any atom is 0.259 e. The smallest absolute Gasteiger partial charge is 0.259 e. The topological polar surface area (TPSA) is 53.5 Å². The Labute approximate surface area is 147 Å². The van der Waals surface area contributed by atoms with E-state index < -0.39 is 0 Å². The van der Waals surface area contributed by atoms with Gasteiger partial charge in [0.1, 0.15) is 0 Å². The molecule has 3 aromatic rings. The minimum Gasteiger partial charge on any atom is -0.376 e. The van der Waals surface area contributed by atoms with Crippen LogP contribution in [0.1, 0.15) is 18.4 Å². The standard InChI is InChI=1S/C21H21N3O/c1-16(17-7-3-2-4-8-17)14-23-24-21(25)15-22-20-12-11-18-9-5-6-10-19(18)13-20/h2-14,16,22H,15H2,1H3,(H,24,25). The normalized spacial score (nSPS) is 12.2. The molecule has 4 heteroatoms. The van der Waals surface area contributed by atoms with Gasteiger partial charge in [-0.2, -0.15) is 5.10 Å². The maximum absolute atomic E-state index is 11.9. The summed E-state index contributed by atoms with van der Waals surface area (Å²) in [5.41, 5.74) is 4.63. The number of carbonyl (C=O) groups excluding carboxylic acids is 1. The van der Waals surface area contributed by atoms with E-state index in [1.54, 1.807) is 6.21 Å². The Morgan fingerprint density at radius 3 is 2.52 bits per heavy atom. The van der Waals surface area contributed by atoms with Crippen molar-refractivity contribution in [2.45, 2.75) is 12.8 Å². The second-order valence-electron chi connectivity index (χ2n) is 5.93. The molecular formula is C21H21N3O.